The van der Waals surface area contributed by atoms with E-state index in [1.54, 1.807) is 12.1 Å². The number of likely N-dealkylation sites (N-methyl/N-ethyl adjacent to an activating group) is 1. The Kier molecular flexibility index (Phi) is 6.33. The molecule has 1 N–H and O–H groups in total. The zero-order chi connectivity index (χ0) is 15.1. The summed E-state index contributed by atoms with van der Waals surface area (Å²) in [5, 5.41) is 3.70. The van der Waals surface area contributed by atoms with Crippen LogP contribution >= 0.6 is 11.6 Å². The van der Waals surface area contributed by atoms with Crippen LogP contribution in [0.3, 0.4) is 0 Å². The van der Waals surface area contributed by atoms with Gasteiger partial charge in [-0.05, 0) is 57.1 Å². The standard InChI is InChI=1S/C16H23ClN2O2/c1-19-10-2-4-14(19)12-18-16(20)5-3-11-21-15-8-6-13(17)7-9-15/h6-9,14H,2-5,10-12H2,1H3,(H,18,20)/t14-/m0/s1. The van der Waals surface area contributed by atoms with E-state index in [1.165, 1.54) is 12.8 Å². The van der Waals surface area contributed by atoms with Crippen LogP contribution < -0.4 is 10.1 Å². The molecule has 2 rings (SSSR count). The van der Waals surface area contributed by atoms with E-state index in [2.05, 4.69) is 17.3 Å². The number of benzene rings is 1. The molecule has 0 bridgehead atoms. The molecule has 0 radical (unpaired) electrons. The van der Waals surface area contributed by atoms with Crippen LogP contribution in [0.1, 0.15) is 25.7 Å². The predicted molar refractivity (Wildman–Crippen MR) is 84.8 cm³/mol. The summed E-state index contributed by atoms with van der Waals surface area (Å²) in [6.07, 6.45) is 3.63. The lowest BCUT2D eigenvalue weighted by atomic mass is 10.2. The number of ether oxygens (including phenoxy) is 1. The Bertz CT molecular complexity index is 450. The largest absolute Gasteiger partial charge is 0.494 e. The summed E-state index contributed by atoms with van der Waals surface area (Å²) in [6.45, 7) is 2.43. The van der Waals surface area contributed by atoms with Gasteiger partial charge < -0.3 is 15.0 Å². The van der Waals surface area contributed by atoms with Crippen molar-refractivity contribution in [3.8, 4) is 5.75 Å². The fourth-order valence-electron chi connectivity index (χ4n) is 2.51. The van der Waals surface area contributed by atoms with Crippen LogP contribution in [0.4, 0.5) is 0 Å². The van der Waals surface area contributed by atoms with Gasteiger partial charge in [-0.25, -0.2) is 0 Å². The minimum absolute atomic E-state index is 0.106. The van der Waals surface area contributed by atoms with Crippen LogP contribution in [-0.2, 0) is 4.79 Å². The van der Waals surface area contributed by atoms with Crippen LogP contribution in [0.15, 0.2) is 24.3 Å². The van der Waals surface area contributed by atoms with Crippen molar-refractivity contribution in [2.24, 2.45) is 0 Å². The zero-order valence-electron chi connectivity index (χ0n) is 12.5. The highest BCUT2D eigenvalue weighted by Crippen LogP contribution is 2.16. The Hall–Kier alpha value is -1.26. The normalized spacial score (nSPS) is 18.7. The Balaban J connectivity index is 1.55. The van der Waals surface area contributed by atoms with Crippen molar-refractivity contribution < 1.29 is 9.53 Å². The summed E-state index contributed by atoms with van der Waals surface area (Å²) >= 11 is 5.80. The molecule has 1 aromatic carbocycles. The SMILES string of the molecule is CN1CCC[C@H]1CNC(=O)CCCOc1ccc(Cl)cc1. The van der Waals surface area contributed by atoms with E-state index >= 15 is 0 Å². The van der Waals surface area contributed by atoms with Gasteiger partial charge in [0, 0.05) is 24.0 Å². The van der Waals surface area contributed by atoms with Gasteiger partial charge in [-0.2, -0.15) is 0 Å². The summed E-state index contributed by atoms with van der Waals surface area (Å²) in [5.41, 5.74) is 0. The van der Waals surface area contributed by atoms with Crippen molar-refractivity contribution in [1.82, 2.24) is 10.2 Å². The second-order valence-corrected chi connectivity index (χ2v) is 5.92. The monoisotopic (exact) mass is 310 g/mol. The Morgan fingerprint density at radius 1 is 1.43 bits per heavy atom. The number of rotatable bonds is 7. The van der Waals surface area contributed by atoms with Crippen LogP contribution in [0.25, 0.3) is 0 Å². The number of halogens is 1. The van der Waals surface area contributed by atoms with Gasteiger partial charge in [-0.1, -0.05) is 11.6 Å². The van der Waals surface area contributed by atoms with Crippen molar-refractivity contribution >= 4 is 17.5 Å². The summed E-state index contributed by atoms with van der Waals surface area (Å²) in [4.78, 5) is 14.1. The number of nitrogens with one attached hydrogen (secondary N) is 1. The molecule has 1 aromatic rings. The van der Waals surface area contributed by atoms with Gasteiger partial charge >= 0.3 is 0 Å². The molecule has 1 aliphatic rings. The molecule has 21 heavy (non-hydrogen) atoms. The van der Waals surface area contributed by atoms with E-state index in [4.69, 9.17) is 16.3 Å². The number of nitrogens with zero attached hydrogens (tertiary/aromatic N) is 1. The highest BCUT2D eigenvalue weighted by molar-refractivity contribution is 6.30. The Morgan fingerprint density at radius 2 is 2.19 bits per heavy atom. The molecular weight excluding hydrogens is 288 g/mol. The fourth-order valence-corrected chi connectivity index (χ4v) is 2.64. The molecule has 1 atom stereocenters. The highest BCUT2D eigenvalue weighted by Gasteiger charge is 2.20. The second kappa shape index (κ2) is 8.25. The molecule has 1 amide bonds. The number of carbonyl (C=O) groups excluding carboxylic acids is 1. The number of hydrogen-bond donors (Lipinski definition) is 1. The van der Waals surface area contributed by atoms with Gasteiger partial charge in [0.25, 0.3) is 0 Å². The first-order chi connectivity index (χ1) is 10.1. The summed E-state index contributed by atoms with van der Waals surface area (Å²) < 4.78 is 5.56. The quantitative estimate of drug-likeness (QED) is 0.787. The van der Waals surface area contributed by atoms with E-state index in [9.17, 15) is 4.79 Å². The topological polar surface area (TPSA) is 41.6 Å². The molecular formula is C16H23ClN2O2. The smallest absolute Gasteiger partial charge is 0.220 e. The molecule has 116 valence electrons. The van der Waals surface area contributed by atoms with Gasteiger partial charge in [-0.15, -0.1) is 0 Å². The molecule has 1 heterocycles. The number of carbonyl (C=O) groups is 1. The number of hydrogen-bond acceptors (Lipinski definition) is 3. The lowest BCUT2D eigenvalue weighted by Crippen LogP contribution is -2.38. The van der Waals surface area contributed by atoms with Crippen molar-refractivity contribution in [2.45, 2.75) is 31.7 Å². The van der Waals surface area contributed by atoms with Crippen LogP contribution in [0.5, 0.6) is 5.75 Å². The Labute approximate surface area is 131 Å². The molecule has 4 nitrogen and oxygen atoms in total. The van der Waals surface area contributed by atoms with E-state index < -0.39 is 0 Å². The van der Waals surface area contributed by atoms with Gasteiger partial charge in [0.2, 0.25) is 5.91 Å². The maximum atomic E-state index is 11.8. The lowest BCUT2D eigenvalue weighted by Gasteiger charge is -2.19. The zero-order valence-corrected chi connectivity index (χ0v) is 13.2. The van der Waals surface area contributed by atoms with E-state index in [0.29, 0.717) is 24.1 Å². The van der Waals surface area contributed by atoms with E-state index in [0.717, 1.165) is 25.3 Å². The molecule has 0 saturated carbocycles. The van der Waals surface area contributed by atoms with Gasteiger partial charge in [0.05, 0.1) is 6.61 Å². The third-order valence-electron chi connectivity index (χ3n) is 3.84. The lowest BCUT2D eigenvalue weighted by molar-refractivity contribution is -0.121. The first-order valence-corrected chi connectivity index (χ1v) is 7.88. The summed E-state index contributed by atoms with van der Waals surface area (Å²) in [5.74, 6) is 0.891. The average Bonchev–Trinajstić information content (AvgIpc) is 2.89. The van der Waals surface area contributed by atoms with Gasteiger partial charge in [0.15, 0.2) is 0 Å². The minimum atomic E-state index is 0.106. The first-order valence-electron chi connectivity index (χ1n) is 7.50. The van der Waals surface area contributed by atoms with Crippen molar-refractivity contribution in [2.75, 3.05) is 26.7 Å². The molecule has 0 unspecified atom stereocenters. The third-order valence-corrected chi connectivity index (χ3v) is 4.09. The molecule has 1 aliphatic heterocycles. The molecule has 5 heteroatoms. The molecule has 1 saturated heterocycles. The van der Waals surface area contributed by atoms with Crippen LogP contribution in [-0.4, -0.2) is 43.6 Å². The number of likely N-dealkylation sites (tertiary alicyclic amines) is 1. The summed E-state index contributed by atoms with van der Waals surface area (Å²) in [6, 6.07) is 7.75. The van der Waals surface area contributed by atoms with Crippen molar-refractivity contribution in [3.63, 3.8) is 0 Å². The van der Waals surface area contributed by atoms with Crippen molar-refractivity contribution in [3.05, 3.63) is 29.3 Å². The van der Waals surface area contributed by atoms with Crippen molar-refractivity contribution in [1.29, 1.82) is 0 Å². The van der Waals surface area contributed by atoms with Crippen LogP contribution in [0.2, 0.25) is 5.02 Å². The molecule has 0 aromatic heterocycles. The number of amides is 1. The maximum Gasteiger partial charge on any atom is 0.220 e. The average molecular weight is 311 g/mol. The Morgan fingerprint density at radius 3 is 2.86 bits per heavy atom. The maximum absolute atomic E-state index is 11.8. The molecule has 0 aliphatic carbocycles. The van der Waals surface area contributed by atoms with E-state index in [-0.39, 0.29) is 5.91 Å². The van der Waals surface area contributed by atoms with E-state index in [1.807, 2.05) is 12.1 Å². The first kappa shape index (κ1) is 16.1. The predicted octanol–water partition coefficient (Wildman–Crippen LogP) is 2.71. The molecule has 1 fully saturated rings. The third kappa shape index (κ3) is 5.56. The highest BCUT2D eigenvalue weighted by atomic mass is 35.5. The molecule has 0 spiro atoms. The second-order valence-electron chi connectivity index (χ2n) is 5.49. The van der Waals surface area contributed by atoms with Crippen LogP contribution in [0, 0.1) is 0 Å². The fraction of sp³-hybridized carbons (Fsp3) is 0.562. The summed E-state index contributed by atoms with van der Waals surface area (Å²) in [7, 11) is 2.11. The minimum Gasteiger partial charge on any atom is -0.494 e. The van der Waals surface area contributed by atoms with Gasteiger partial charge in [-0.3, -0.25) is 4.79 Å². The van der Waals surface area contributed by atoms with Gasteiger partial charge in [0.1, 0.15) is 5.75 Å².